The number of nitrogens with zero attached hydrogens (tertiary/aromatic N) is 2. The number of fused-ring (bicyclic) bond motifs is 1. The molecule has 4 N–H and O–H groups in total. The molecule has 1 aromatic rings. The van der Waals surface area contributed by atoms with Crippen LogP contribution in [-0.4, -0.2) is 18.3 Å². The Hall–Kier alpha value is -2.04. The minimum absolute atomic E-state index is 0.0357. The SMILES string of the molecule is NC(N)=NN=C1CCOc2ccccc21. The van der Waals surface area contributed by atoms with Gasteiger partial charge in [0, 0.05) is 12.0 Å². The molecule has 15 heavy (non-hydrogen) atoms. The summed E-state index contributed by atoms with van der Waals surface area (Å²) in [5, 5.41) is 7.65. The Morgan fingerprint density at radius 3 is 2.87 bits per heavy atom. The van der Waals surface area contributed by atoms with Crippen LogP contribution < -0.4 is 16.2 Å². The maximum Gasteiger partial charge on any atom is 0.211 e. The molecule has 0 spiro atoms. The molecule has 0 unspecified atom stereocenters. The van der Waals surface area contributed by atoms with Gasteiger partial charge in [0.25, 0.3) is 0 Å². The highest BCUT2D eigenvalue weighted by Gasteiger charge is 2.15. The maximum absolute atomic E-state index is 5.47. The molecule has 0 fully saturated rings. The third-order valence-electron chi connectivity index (χ3n) is 2.08. The number of nitrogens with two attached hydrogens (primary N) is 2. The van der Waals surface area contributed by atoms with Gasteiger partial charge in [0.2, 0.25) is 5.96 Å². The van der Waals surface area contributed by atoms with E-state index in [1.165, 1.54) is 0 Å². The van der Waals surface area contributed by atoms with Crippen molar-refractivity contribution < 1.29 is 4.74 Å². The molecule has 0 atom stereocenters. The molecule has 0 aliphatic carbocycles. The van der Waals surface area contributed by atoms with Crippen molar-refractivity contribution in [2.24, 2.45) is 21.7 Å². The molecular formula is C10H12N4O. The van der Waals surface area contributed by atoms with Gasteiger partial charge in [-0.05, 0) is 12.1 Å². The van der Waals surface area contributed by atoms with Gasteiger partial charge in [-0.1, -0.05) is 12.1 Å². The number of guanidine groups is 1. The number of ether oxygens (including phenoxy) is 1. The Labute approximate surface area is 87.4 Å². The van der Waals surface area contributed by atoms with E-state index < -0.39 is 0 Å². The molecule has 0 bridgehead atoms. The summed E-state index contributed by atoms with van der Waals surface area (Å²) in [6, 6.07) is 7.69. The fourth-order valence-electron chi connectivity index (χ4n) is 1.45. The van der Waals surface area contributed by atoms with Crippen molar-refractivity contribution in [3.8, 4) is 5.75 Å². The highest BCUT2D eigenvalue weighted by molar-refractivity contribution is 6.03. The van der Waals surface area contributed by atoms with Gasteiger partial charge in [-0.25, -0.2) is 0 Å². The molecule has 5 nitrogen and oxygen atoms in total. The second-order valence-electron chi connectivity index (χ2n) is 3.17. The lowest BCUT2D eigenvalue weighted by atomic mass is 10.0. The molecule has 2 rings (SSSR count). The average Bonchev–Trinajstić information content (AvgIpc) is 2.26. The summed E-state index contributed by atoms with van der Waals surface area (Å²) >= 11 is 0. The molecule has 78 valence electrons. The Morgan fingerprint density at radius 1 is 1.27 bits per heavy atom. The summed E-state index contributed by atoms with van der Waals surface area (Å²) in [7, 11) is 0. The van der Waals surface area contributed by atoms with Gasteiger partial charge >= 0.3 is 0 Å². The predicted molar refractivity (Wildman–Crippen MR) is 58.9 cm³/mol. The van der Waals surface area contributed by atoms with E-state index in [1.807, 2.05) is 24.3 Å². The summed E-state index contributed by atoms with van der Waals surface area (Å²) in [6.07, 6.45) is 0.716. The molecule has 0 amide bonds. The van der Waals surface area contributed by atoms with E-state index in [0.29, 0.717) is 13.0 Å². The second-order valence-corrected chi connectivity index (χ2v) is 3.17. The molecule has 1 heterocycles. The van der Waals surface area contributed by atoms with E-state index in [0.717, 1.165) is 17.0 Å². The third-order valence-corrected chi connectivity index (χ3v) is 2.08. The summed E-state index contributed by atoms with van der Waals surface area (Å²) in [4.78, 5) is 0. The Morgan fingerprint density at radius 2 is 2.07 bits per heavy atom. The Kier molecular flexibility index (Phi) is 2.53. The van der Waals surface area contributed by atoms with Crippen LogP contribution in [0.2, 0.25) is 0 Å². The number of para-hydroxylation sites is 1. The monoisotopic (exact) mass is 204 g/mol. The maximum atomic E-state index is 5.47. The van der Waals surface area contributed by atoms with Gasteiger partial charge in [-0.15, -0.1) is 5.10 Å². The van der Waals surface area contributed by atoms with Gasteiger partial charge in [0.15, 0.2) is 0 Å². The first-order chi connectivity index (χ1) is 7.27. The van der Waals surface area contributed by atoms with Gasteiger partial charge in [-0.2, -0.15) is 5.10 Å². The van der Waals surface area contributed by atoms with Gasteiger partial charge in [-0.3, -0.25) is 0 Å². The first-order valence-corrected chi connectivity index (χ1v) is 4.65. The van der Waals surface area contributed by atoms with Crippen LogP contribution >= 0.6 is 0 Å². The molecule has 0 aromatic heterocycles. The van der Waals surface area contributed by atoms with Crippen LogP contribution in [0.4, 0.5) is 0 Å². The zero-order valence-corrected chi connectivity index (χ0v) is 8.18. The lowest BCUT2D eigenvalue weighted by molar-refractivity contribution is 0.320. The van der Waals surface area contributed by atoms with Crippen LogP contribution in [0.3, 0.4) is 0 Å². The van der Waals surface area contributed by atoms with Crippen molar-refractivity contribution in [2.45, 2.75) is 6.42 Å². The van der Waals surface area contributed by atoms with Crippen LogP contribution in [0.15, 0.2) is 34.5 Å². The van der Waals surface area contributed by atoms with Gasteiger partial charge < -0.3 is 16.2 Å². The molecular weight excluding hydrogens is 192 g/mol. The summed E-state index contributed by atoms with van der Waals surface area (Å²) in [6.45, 7) is 0.607. The minimum Gasteiger partial charge on any atom is -0.492 e. The van der Waals surface area contributed by atoms with E-state index in [9.17, 15) is 0 Å². The molecule has 0 radical (unpaired) electrons. The van der Waals surface area contributed by atoms with Crippen LogP contribution in [0.5, 0.6) is 5.75 Å². The zero-order chi connectivity index (χ0) is 10.7. The molecule has 1 aromatic carbocycles. The van der Waals surface area contributed by atoms with Crippen LogP contribution in [0.1, 0.15) is 12.0 Å². The minimum atomic E-state index is -0.0357. The number of hydrogen-bond acceptors (Lipinski definition) is 3. The number of hydrogen-bond donors (Lipinski definition) is 2. The smallest absolute Gasteiger partial charge is 0.211 e. The largest absolute Gasteiger partial charge is 0.492 e. The Balaban J connectivity index is 2.38. The quantitative estimate of drug-likeness (QED) is 0.395. The highest BCUT2D eigenvalue weighted by atomic mass is 16.5. The fraction of sp³-hybridized carbons (Fsp3) is 0.200. The zero-order valence-electron chi connectivity index (χ0n) is 8.18. The topological polar surface area (TPSA) is 86.0 Å². The van der Waals surface area contributed by atoms with Crippen molar-refractivity contribution in [1.82, 2.24) is 0 Å². The van der Waals surface area contributed by atoms with E-state index in [4.69, 9.17) is 16.2 Å². The van der Waals surface area contributed by atoms with Crippen molar-refractivity contribution in [2.75, 3.05) is 6.61 Å². The van der Waals surface area contributed by atoms with E-state index >= 15 is 0 Å². The van der Waals surface area contributed by atoms with Crippen LogP contribution in [0, 0.1) is 0 Å². The molecule has 0 saturated heterocycles. The van der Waals surface area contributed by atoms with Crippen molar-refractivity contribution in [1.29, 1.82) is 0 Å². The van der Waals surface area contributed by atoms with Gasteiger partial charge in [0.05, 0.1) is 12.3 Å². The second kappa shape index (κ2) is 4.00. The Bertz CT molecular complexity index is 421. The molecule has 0 saturated carbocycles. The number of benzene rings is 1. The first-order valence-electron chi connectivity index (χ1n) is 4.65. The van der Waals surface area contributed by atoms with Crippen molar-refractivity contribution in [3.05, 3.63) is 29.8 Å². The van der Waals surface area contributed by atoms with Crippen molar-refractivity contribution >= 4 is 11.7 Å². The third kappa shape index (κ3) is 2.07. The van der Waals surface area contributed by atoms with E-state index in [-0.39, 0.29) is 5.96 Å². The number of rotatable bonds is 1. The fourth-order valence-corrected chi connectivity index (χ4v) is 1.45. The first kappa shape index (κ1) is 9.51. The predicted octanol–water partition coefficient (Wildman–Crippen LogP) is 0.447. The summed E-state index contributed by atoms with van der Waals surface area (Å²) in [5.41, 5.74) is 12.2. The lowest BCUT2D eigenvalue weighted by Crippen LogP contribution is -2.22. The van der Waals surface area contributed by atoms with Crippen LogP contribution in [0.25, 0.3) is 0 Å². The van der Waals surface area contributed by atoms with Crippen LogP contribution in [-0.2, 0) is 0 Å². The summed E-state index contributed by atoms with van der Waals surface area (Å²) in [5.74, 6) is 0.791. The average molecular weight is 204 g/mol. The summed E-state index contributed by atoms with van der Waals surface area (Å²) < 4.78 is 5.47. The molecule has 1 aliphatic rings. The molecule has 1 aliphatic heterocycles. The van der Waals surface area contributed by atoms with E-state index in [1.54, 1.807) is 0 Å². The molecule has 5 heteroatoms. The van der Waals surface area contributed by atoms with E-state index in [2.05, 4.69) is 10.2 Å². The standard InChI is InChI=1S/C10H12N4O/c11-10(12)14-13-8-5-6-15-9-4-2-1-3-7(8)9/h1-4H,5-6H2,(H4,11,12,14). The normalized spacial score (nSPS) is 16.7. The highest BCUT2D eigenvalue weighted by Crippen LogP contribution is 2.24. The van der Waals surface area contributed by atoms with Crippen molar-refractivity contribution in [3.63, 3.8) is 0 Å². The lowest BCUT2D eigenvalue weighted by Gasteiger charge is -2.17. The van der Waals surface area contributed by atoms with Gasteiger partial charge in [0.1, 0.15) is 5.75 Å².